The predicted molar refractivity (Wildman–Crippen MR) is 362 cm³/mol. The van der Waals surface area contributed by atoms with Gasteiger partial charge >= 0.3 is 17.9 Å². The maximum absolute atomic E-state index is 12.9. The Balaban J connectivity index is 4.42. The zero-order valence-electron chi connectivity index (χ0n) is 53.7. The van der Waals surface area contributed by atoms with Crippen LogP contribution in [0.2, 0.25) is 0 Å². The Morgan fingerprint density at radius 2 is 0.470 bits per heavy atom. The third-order valence-electron chi connectivity index (χ3n) is 14.0. The third kappa shape index (κ3) is 67.7. The highest BCUT2D eigenvalue weighted by atomic mass is 16.6. The molecule has 0 amide bonds. The molecule has 1 atom stereocenters. The fourth-order valence-electron chi connectivity index (χ4n) is 9.01. The van der Waals surface area contributed by atoms with Crippen LogP contribution in [0.15, 0.2) is 158 Å². The lowest BCUT2D eigenvalue weighted by atomic mass is 10.0. The Morgan fingerprint density at radius 3 is 0.759 bits per heavy atom. The lowest BCUT2D eigenvalue weighted by Gasteiger charge is -2.18. The van der Waals surface area contributed by atoms with Gasteiger partial charge in [-0.05, 0) is 128 Å². The first-order valence-electron chi connectivity index (χ1n) is 34.0. The molecular formula is C77H124O6. The minimum absolute atomic E-state index is 0.0989. The van der Waals surface area contributed by atoms with E-state index in [-0.39, 0.29) is 31.1 Å². The summed E-state index contributed by atoms with van der Waals surface area (Å²) in [6, 6.07) is 0. The summed E-state index contributed by atoms with van der Waals surface area (Å²) in [6.07, 6.45) is 101. The number of ether oxygens (including phenoxy) is 3. The summed E-state index contributed by atoms with van der Waals surface area (Å²) >= 11 is 0. The largest absolute Gasteiger partial charge is 0.462 e. The fourth-order valence-corrected chi connectivity index (χ4v) is 9.01. The van der Waals surface area contributed by atoms with Crippen molar-refractivity contribution in [2.24, 2.45) is 0 Å². The van der Waals surface area contributed by atoms with Crippen LogP contribution in [0, 0.1) is 0 Å². The van der Waals surface area contributed by atoms with Gasteiger partial charge in [0.25, 0.3) is 0 Å². The van der Waals surface area contributed by atoms with Gasteiger partial charge in [0.2, 0.25) is 0 Å². The van der Waals surface area contributed by atoms with Crippen molar-refractivity contribution in [2.45, 2.75) is 297 Å². The smallest absolute Gasteiger partial charge is 0.306 e. The molecule has 0 aromatic carbocycles. The van der Waals surface area contributed by atoms with Gasteiger partial charge in [0.1, 0.15) is 13.2 Å². The topological polar surface area (TPSA) is 78.9 Å². The summed E-state index contributed by atoms with van der Waals surface area (Å²) in [5, 5.41) is 0. The van der Waals surface area contributed by atoms with Crippen molar-refractivity contribution >= 4 is 17.9 Å². The van der Waals surface area contributed by atoms with Crippen LogP contribution in [0.25, 0.3) is 0 Å². The van der Waals surface area contributed by atoms with Gasteiger partial charge in [0.05, 0.1) is 0 Å². The number of rotatable bonds is 60. The molecule has 0 fully saturated rings. The van der Waals surface area contributed by atoms with Crippen molar-refractivity contribution < 1.29 is 28.6 Å². The highest BCUT2D eigenvalue weighted by molar-refractivity contribution is 5.71. The van der Waals surface area contributed by atoms with E-state index in [0.717, 1.165) is 141 Å². The summed E-state index contributed by atoms with van der Waals surface area (Å²) < 4.78 is 16.9. The molecule has 1 unspecified atom stereocenters. The normalized spacial score (nSPS) is 13.1. The molecule has 0 aromatic rings. The lowest BCUT2D eigenvalue weighted by Crippen LogP contribution is -2.30. The quantitative estimate of drug-likeness (QED) is 0.0261. The number of allylic oxidation sites excluding steroid dienone is 26. The molecule has 0 saturated carbocycles. The SMILES string of the molecule is CC/C=C\C/C=C\C/C=C\C/C=C\C/C=C\C/C=C\C/C=C\C/C=C\C/C=C\C/C=C\CCCCC(=O)OCC(COC(=O)CCCCCCCCCCCCCCCCC)OC(=O)CCCCCCCCC/C=C\C/C=C\C/C=C\CC. The first-order chi connectivity index (χ1) is 41.0. The Morgan fingerprint density at radius 1 is 0.253 bits per heavy atom. The number of hydrogen-bond donors (Lipinski definition) is 0. The molecule has 0 aromatic heterocycles. The molecule has 0 heterocycles. The molecule has 468 valence electrons. The Labute approximate surface area is 511 Å². The van der Waals surface area contributed by atoms with Crippen molar-refractivity contribution in [1.82, 2.24) is 0 Å². The van der Waals surface area contributed by atoms with Crippen LogP contribution < -0.4 is 0 Å². The maximum Gasteiger partial charge on any atom is 0.306 e. The Kier molecular flexibility index (Phi) is 65.4. The van der Waals surface area contributed by atoms with E-state index in [1.807, 2.05) is 0 Å². The third-order valence-corrected chi connectivity index (χ3v) is 14.0. The van der Waals surface area contributed by atoms with Gasteiger partial charge in [0, 0.05) is 19.3 Å². The second kappa shape index (κ2) is 69.5. The van der Waals surface area contributed by atoms with Gasteiger partial charge < -0.3 is 14.2 Å². The number of carbonyl (C=O) groups excluding carboxylic acids is 3. The molecule has 0 N–H and O–H groups in total. The monoisotopic (exact) mass is 1140 g/mol. The molecule has 0 spiro atoms. The first-order valence-corrected chi connectivity index (χ1v) is 34.0. The summed E-state index contributed by atoms with van der Waals surface area (Å²) in [5.74, 6) is -0.952. The van der Waals surface area contributed by atoms with E-state index in [9.17, 15) is 14.4 Å². The van der Waals surface area contributed by atoms with Crippen molar-refractivity contribution in [3.8, 4) is 0 Å². The van der Waals surface area contributed by atoms with Crippen LogP contribution in [0.1, 0.15) is 290 Å². The van der Waals surface area contributed by atoms with Gasteiger partial charge in [0.15, 0.2) is 6.10 Å². The summed E-state index contributed by atoms with van der Waals surface area (Å²) in [6.45, 7) is 6.38. The minimum Gasteiger partial charge on any atom is -0.462 e. The molecule has 0 aliphatic rings. The Hall–Kier alpha value is -4.97. The molecule has 6 heteroatoms. The number of hydrogen-bond acceptors (Lipinski definition) is 6. The number of carbonyl (C=O) groups is 3. The zero-order valence-corrected chi connectivity index (χ0v) is 53.7. The van der Waals surface area contributed by atoms with Crippen LogP contribution in [0.5, 0.6) is 0 Å². The molecule has 6 nitrogen and oxygen atoms in total. The molecule has 0 bridgehead atoms. The van der Waals surface area contributed by atoms with E-state index in [4.69, 9.17) is 14.2 Å². The number of unbranched alkanes of at least 4 members (excludes halogenated alkanes) is 23. The van der Waals surface area contributed by atoms with E-state index in [1.165, 1.54) is 103 Å². The average molecular weight is 1150 g/mol. The molecule has 0 radical (unpaired) electrons. The highest BCUT2D eigenvalue weighted by Crippen LogP contribution is 2.16. The summed E-state index contributed by atoms with van der Waals surface area (Å²) in [5.41, 5.74) is 0. The van der Waals surface area contributed by atoms with E-state index in [0.29, 0.717) is 25.7 Å². The molecule has 0 aliphatic heterocycles. The predicted octanol–water partition coefficient (Wildman–Crippen LogP) is 23.7. The molecule has 0 aliphatic carbocycles. The van der Waals surface area contributed by atoms with E-state index < -0.39 is 6.10 Å². The van der Waals surface area contributed by atoms with Gasteiger partial charge in [-0.3, -0.25) is 14.4 Å². The van der Waals surface area contributed by atoms with Gasteiger partial charge in [-0.25, -0.2) is 0 Å². The van der Waals surface area contributed by atoms with Gasteiger partial charge in [-0.15, -0.1) is 0 Å². The van der Waals surface area contributed by atoms with Crippen LogP contribution in [-0.2, 0) is 28.6 Å². The van der Waals surface area contributed by atoms with Crippen LogP contribution in [0.3, 0.4) is 0 Å². The zero-order chi connectivity index (χ0) is 59.9. The molecular weight excluding hydrogens is 1020 g/mol. The van der Waals surface area contributed by atoms with Crippen molar-refractivity contribution in [2.75, 3.05) is 13.2 Å². The van der Waals surface area contributed by atoms with Crippen LogP contribution >= 0.6 is 0 Å². The average Bonchev–Trinajstić information content (AvgIpc) is 3.49. The first kappa shape index (κ1) is 78.0. The maximum atomic E-state index is 12.9. The second-order valence-corrected chi connectivity index (χ2v) is 22.0. The van der Waals surface area contributed by atoms with Crippen molar-refractivity contribution in [3.63, 3.8) is 0 Å². The van der Waals surface area contributed by atoms with Crippen molar-refractivity contribution in [3.05, 3.63) is 158 Å². The van der Waals surface area contributed by atoms with Crippen LogP contribution in [0.4, 0.5) is 0 Å². The summed E-state index contributed by atoms with van der Waals surface area (Å²) in [4.78, 5) is 38.4. The van der Waals surface area contributed by atoms with Gasteiger partial charge in [-0.2, -0.15) is 0 Å². The summed E-state index contributed by atoms with van der Waals surface area (Å²) in [7, 11) is 0. The molecule has 83 heavy (non-hydrogen) atoms. The molecule has 0 rings (SSSR count). The van der Waals surface area contributed by atoms with Crippen LogP contribution in [-0.4, -0.2) is 37.2 Å². The van der Waals surface area contributed by atoms with Gasteiger partial charge in [-0.1, -0.05) is 301 Å². The number of esters is 3. The lowest BCUT2D eigenvalue weighted by molar-refractivity contribution is -0.167. The second-order valence-electron chi connectivity index (χ2n) is 22.0. The standard InChI is InChI=1S/C77H124O6/c1-4-7-10-13-16-19-22-25-28-30-31-32-33-34-35-36-37-38-39-40-41-42-43-44-45-47-49-52-55-58-61-64-67-70-76(79)82-73-74(72-81-75(78)69-66-63-60-57-54-51-48-27-24-21-18-15-12-9-6-3)83-77(80)71-68-65-62-59-56-53-50-46-29-26-23-20-17-14-11-8-5-2/h7-8,10-11,16-17,19-20,25-26,28-29,31-32,34-35,37-38,40-41,43-44,47,49,55,58,74H,4-6,9,12-15,18,21-24,27,30,33,36,39,42,45-46,48,50-54,56-57,59-73H2,1-3H3/b10-7-,11-8-,19-16-,20-17-,28-25-,29-26-,32-31-,35-34-,38-37-,41-40-,44-43-,49-47-,58-55-. The van der Waals surface area contributed by atoms with Crippen molar-refractivity contribution in [1.29, 1.82) is 0 Å². The highest BCUT2D eigenvalue weighted by Gasteiger charge is 2.19. The van der Waals surface area contributed by atoms with E-state index in [2.05, 4.69) is 179 Å². The fraction of sp³-hybridized carbons (Fsp3) is 0.623. The molecule has 0 saturated heterocycles. The minimum atomic E-state index is -0.808. The Bertz CT molecular complexity index is 1840. The van der Waals surface area contributed by atoms with E-state index >= 15 is 0 Å². The van der Waals surface area contributed by atoms with E-state index in [1.54, 1.807) is 0 Å².